The maximum Gasteiger partial charge on any atom is 0.341 e. The molecule has 0 bridgehead atoms. The molecule has 0 radical (unpaired) electrons. The highest BCUT2D eigenvalue weighted by molar-refractivity contribution is 7.92. The number of rotatable bonds is 9. The van der Waals surface area contributed by atoms with Crippen LogP contribution in [0.5, 0.6) is 0 Å². The summed E-state index contributed by atoms with van der Waals surface area (Å²) in [5.74, 6) is 0.328. The van der Waals surface area contributed by atoms with Crippen molar-refractivity contribution >= 4 is 21.7 Å². The van der Waals surface area contributed by atoms with Crippen molar-refractivity contribution < 1.29 is 22.4 Å². The van der Waals surface area contributed by atoms with Crippen LogP contribution in [0.1, 0.15) is 67.1 Å². The lowest BCUT2D eigenvalue weighted by molar-refractivity contribution is 0.0598. The molecule has 0 amide bonds. The normalized spacial score (nSPS) is 16.1. The summed E-state index contributed by atoms with van der Waals surface area (Å²) < 4.78 is 38.3. The molecule has 1 aromatic heterocycles. The fourth-order valence-electron chi connectivity index (χ4n) is 4.16. The quantitative estimate of drug-likeness (QED) is 0.543. The number of carbonyl (C=O) groups excluding carboxylic acids is 1. The van der Waals surface area contributed by atoms with E-state index in [-0.39, 0.29) is 16.4 Å². The van der Waals surface area contributed by atoms with E-state index >= 15 is 0 Å². The Morgan fingerprint density at radius 3 is 2.65 bits per heavy atom. The van der Waals surface area contributed by atoms with Crippen LogP contribution in [0.15, 0.2) is 39.8 Å². The molecule has 8 heteroatoms. The van der Waals surface area contributed by atoms with Gasteiger partial charge in [0.1, 0.15) is 11.3 Å². The smallest absolute Gasteiger partial charge is 0.341 e. The van der Waals surface area contributed by atoms with Gasteiger partial charge in [0.2, 0.25) is 5.09 Å². The highest BCUT2D eigenvalue weighted by atomic mass is 32.2. The Morgan fingerprint density at radius 2 is 1.94 bits per heavy atom. The fraction of sp³-hybridized carbons (Fsp3) is 0.522. The lowest BCUT2D eigenvalue weighted by atomic mass is 9.85. The average molecular weight is 449 g/mol. The Balaban J connectivity index is 1.67. The Bertz CT molecular complexity index is 993. The topological polar surface area (TPSA) is 97.6 Å². The van der Waals surface area contributed by atoms with E-state index in [1.807, 2.05) is 12.1 Å². The second kappa shape index (κ2) is 10.3. The largest absolute Gasteiger partial charge is 0.465 e. The molecule has 31 heavy (non-hydrogen) atoms. The molecule has 2 N–H and O–H groups in total. The van der Waals surface area contributed by atoms with Crippen LogP contribution in [0.25, 0.3) is 0 Å². The molecule has 1 aliphatic carbocycles. The van der Waals surface area contributed by atoms with Gasteiger partial charge < -0.3 is 14.5 Å². The minimum Gasteiger partial charge on any atom is -0.465 e. The summed E-state index contributed by atoms with van der Waals surface area (Å²) >= 11 is 0. The third-order valence-corrected chi connectivity index (χ3v) is 7.10. The average Bonchev–Trinajstić information content (AvgIpc) is 3.16. The molecule has 1 heterocycles. The Morgan fingerprint density at radius 1 is 1.23 bits per heavy atom. The molecule has 1 aliphatic rings. The first kappa shape index (κ1) is 23.3. The third kappa shape index (κ3) is 6.11. The van der Waals surface area contributed by atoms with Crippen LogP contribution in [0.3, 0.4) is 0 Å². The number of methoxy groups -OCH3 is 1. The van der Waals surface area contributed by atoms with Crippen molar-refractivity contribution in [2.24, 2.45) is 5.92 Å². The van der Waals surface area contributed by atoms with E-state index in [1.54, 1.807) is 12.1 Å². The zero-order valence-corrected chi connectivity index (χ0v) is 19.3. The molecule has 2 aromatic rings. The van der Waals surface area contributed by atoms with Gasteiger partial charge in [-0.2, -0.15) is 8.42 Å². The van der Waals surface area contributed by atoms with Gasteiger partial charge in [-0.1, -0.05) is 50.3 Å². The summed E-state index contributed by atoms with van der Waals surface area (Å²) in [5.41, 5.74) is 1.42. The predicted molar refractivity (Wildman–Crippen MR) is 120 cm³/mol. The van der Waals surface area contributed by atoms with Gasteiger partial charge >= 0.3 is 5.97 Å². The van der Waals surface area contributed by atoms with Gasteiger partial charge in [0.15, 0.2) is 0 Å². The van der Waals surface area contributed by atoms with Crippen LogP contribution >= 0.6 is 0 Å². The number of carbonyl (C=O) groups is 1. The van der Waals surface area contributed by atoms with Crippen LogP contribution < -0.4 is 10.0 Å². The van der Waals surface area contributed by atoms with Gasteiger partial charge in [-0.15, -0.1) is 0 Å². The number of nitrogens with one attached hydrogen (secondary N) is 2. The van der Waals surface area contributed by atoms with Crippen molar-refractivity contribution in [1.29, 1.82) is 0 Å². The molecule has 0 spiro atoms. The second-order valence-electron chi connectivity index (χ2n) is 8.31. The standard InChI is InChI=1S/C23H32N2O5S/c1-16(13-18-9-5-4-6-10-18)24-15-19-11-7-8-12-21(19)25-31(27,28)22-14-20(17(2)30-22)23(26)29-3/h7-8,11-12,14,16,18,24-25H,4-6,9-10,13,15H2,1-3H3/t16-/m0/s1. The molecule has 0 unspecified atom stereocenters. The first-order chi connectivity index (χ1) is 14.8. The van der Waals surface area contributed by atoms with Gasteiger partial charge in [-0.25, -0.2) is 4.79 Å². The Labute approximate surface area is 184 Å². The number of para-hydroxylation sites is 1. The molecule has 0 aliphatic heterocycles. The second-order valence-corrected chi connectivity index (χ2v) is 9.92. The van der Waals surface area contributed by atoms with Gasteiger partial charge in [-0.05, 0) is 37.8 Å². The predicted octanol–water partition coefficient (Wildman–Crippen LogP) is 4.62. The zero-order valence-electron chi connectivity index (χ0n) is 18.4. The monoisotopic (exact) mass is 448 g/mol. The van der Waals surface area contributed by atoms with E-state index in [2.05, 4.69) is 21.7 Å². The number of esters is 1. The van der Waals surface area contributed by atoms with Gasteiger partial charge in [-0.3, -0.25) is 4.72 Å². The molecule has 7 nitrogen and oxygen atoms in total. The highest BCUT2D eigenvalue weighted by Crippen LogP contribution is 2.28. The maximum atomic E-state index is 12.9. The number of ether oxygens (including phenoxy) is 1. The molecular weight excluding hydrogens is 416 g/mol. The summed E-state index contributed by atoms with van der Waals surface area (Å²) in [7, 11) is -2.76. The van der Waals surface area contributed by atoms with Crippen molar-refractivity contribution in [2.75, 3.05) is 11.8 Å². The SMILES string of the molecule is COC(=O)c1cc(S(=O)(=O)Nc2ccccc2CN[C@@H](C)CC2CCCCC2)oc1C. The maximum absolute atomic E-state index is 12.9. The molecule has 3 rings (SSSR count). The molecule has 1 fully saturated rings. The van der Waals surface area contributed by atoms with Gasteiger partial charge in [0.05, 0.1) is 12.8 Å². The van der Waals surface area contributed by atoms with E-state index in [0.717, 1.165) is 17.9 Å². The van der Waals surface area contributed by atoms with Gasteiger partial charge in [0.25, 0.3) is 10.0 Å². The van der Waals surface area contributed by atoms with Crippen LogP contribution in [0, 0.1) is 12.8 Å². The molecule has 1 aromatic carbocycles. The summed E-state index contributed by atoms with van der Waals surface area (Å²) in [4.78, 5) is 11.8. The van der Waals surface area contributed by atoms with Crippen molar-refractivity contribution in [3.05, 3.63) is 47.2 Å². The Kier molecular flexibility index (Phi) is 7.78. The third-order valence-electron chi connectivity index (χ3n) is 5.88. The number of hydrogen-bond donors (Lipinski definition) is 2. The summed E-state index contributed by atoms with van der Waals surface area (Å²) in [6.45, 7) is 4.26. The van der Waals surface area contributed by atoms with Crippen molar-refractivity contribution in [2.45, 2.75) is 70.1 Å². The lowest BCUT2D eigenvalue weighted by Crippen LogP contribution is -2.29. The van der Waals surface area contributed by atoms with E-state index in [1.165, 1.54) is 52.2 Å². The fourth-order valence-corrected chi connectivity index (χ4v) is 5.26. The summed E-state index contributed by atoms with van der Waals surface area (Å²) in [6, 6.07) is 8.81. The lowest BCUT2D eigenvalue weighted by Gasteiger charge is -2.25. The van der Waals surface area contributed by atoms with Gasteiger partial charge in [0, 0.05) is 18.7 Å². The molecule has 1 atom stereocenters. The molecular formula is C23H32N2O5S. The summed E-state index contributed by atoms with van der Waals surface area (Å²) in [6.07, 6.45) is 7.74. The number of aryl methyl sites for hydroxylation is 1. The highest BCUT2D eigenvalue weighted by Gasteiger charge is 2.25. The van der Waals surface area contributed by atoms with Crippen molar-refractivity contribution in [1.82, 2.24) is 5.32 Å². The first-order valence-electron chi connectivity index (χ1n) is 10.8. The Hall–Kier alpha value is -2.32. The molecule has 0 saturated heterocycles. The van der Waals surface area contributed by atoms with Crippen LogP contribution in [0.2, 0.25) is 0 Å². The van der Waals surface area contributed by atoms with E-state index < -0.39 is 16.0 Å². The van der Waals surface area contributed by atoms with E-state index in [4.69, 9.17) is 4.42 Å². The van der Waals surface area contributed by atoms with Crippen LogP contribution in [0.4, 0.5) is 5.69 Å². The van der Waals surface area contributed by atoms with Crippen molar-refractivity contribution in [3.8, 4) is 0 Å². The minimum absolute atomic E-state index is 0.0920. The minimum atomic E-state index is -3.99. The number of furan rings is 1. The molecule has 170 valence electrons. The first-order valence-corrected chi connectivity index (χ1v) is 12.3. The van der Waals surface area contributed by atoms with E-state index in [0.29, 0.717) is 18.3 Å². The zero-order chi connectivity index (χ0) is 22.4. The van der Waals surface area contributed by atoms with E-state index in [9.17, 15) is 13.2 Å². The number of hydrogen-bond acceptors (Lipinski definition) is 6. The van der Waals surface area contributed by atoms with Crippen LogP contribution in [-0.4, -0.2) is 27.5 Å². The van der Waals surface area contributed by atoms with Crippen molar-refractivity contribution in [3.63, 3.8) is 0 Å². The van der Waals surface area contributed by atoms with Crippen LogP contribution in [-0.2, 0) is 21.3 Å². The number of benzene rings is 1. The number of anilines is 1. The summed E-state index contributed by atoms with van der Waals surface area (Å²) in [5, 5.41) is 3.21. The molecule has 1 saturated carbocycles. The number of sulfonamides is 1.